The number of hydrogen-bond acceptors (Lipinski definition) is 5. The summed E-state index contributed by atoms with van der Waals surface area (Å²) < 4.78 is 0. The first-order valence-electron chi connectivity index (χ1n) is 5.29. The SMILES string of the molecule is O=C(O)c1ncsc1NCC1CCCCS1. The van der Waals surface area contributed by atoms with Crippen LogP contribution >= 0.6 is 23.1 Å². The number of carbonyl (C=O) groups is 1. The lowest BCUT2D eigenvalue weighted by atomic mass is 10.2. The Morgan fingerprint density at radius 3 is 3.19 bits per heavy atom. The summed E-state index contributed by atoms with van der Waals surface area (Å²) in [5.74, 6) is 0.265. The van der Waals surface area contributed by atoms with E-state index in [-0.39, 0.29) is 5.69 Å². The normalized spacial score (nSPS) is 20.6. The summed E-state index contributed by atoms with van der Waals surface area (Å²) in [6.45, 7) is 0.840. The summed E-state index contributed by atoms with van der Waals surface area (Å²) >= 11 is 3.33. The molecule has 2 rings (SSSR count). The number of anilines is 1. The van der Waals surface area contributed by atoms with Crippen molar-refractivity contribution < 1.29 is 9.90 Å². The Labute approximate surface area is 102 Å². The summed E-state index contributed by atoms with van der Waals surface area (Å²) in [5, 5.41) is 13.4. The lowest BCUT2D eigenvalue weighted by Crippen LogP contribution is -2.20. The number of nitrogens with zero attached hydrogens (tertiary/aromatic N) is 1. The molecule has 0 aromatic carbocycles. The number of rotatable bonds is 4. The highest BCUT2D eigenvalue weighted by Crippen LogP contribution is 2.26. The standard InChI is InChI=1S/C10H14N2O2S2/c13-10(14)8-9(16-6-12-8)11-5-7-3-1-2-4-15-7/h6-7,11H,1-5H2,(H,13,14). The summed E-state index contributed by atoms with van der Waals surface area (Å²) in [7, 11) is 0. The van der Waals surface area contributed by atoms with Crippen LogP contribution in [0.3, 0.4) is 0 Å². The molecule has 1 aliphatic heterocycles. The number of aromatic carboxylic acids is 1. The summed E-state index contributed by atoms with van der Waals surface area (Å²) in [6, 6.07) is 0. The summed E-state index contributed by atoms with van der Waals surface area (Å²) in [6.07, 6.45) is 3.81. The molecule has 0 aliphatic carbocycles. The molecule has 0 amide bonds. The third-order valence-electron chi connectivity index (χ3n) is 2.53. The van der Waals surface area contributed by atoms with Crippen molar-refractivity contribution in [1.29, 1.82) is 0 Å². The van der Waals surface area contributed by atoms with Gasteiger partial charge in [0.15, 0.2) is 5.69 Å². The highest BCUT2D eigenvalue weighted by molar-refractivity contribution is 7.99. The van der Waals surface area contributed by atoms with Crippen molar-refractivity contribution in [2.24, 2.45) is 0 Å². The van der Waals surface area contributed by atoms with Gasteiger partial charge in [0.05, 0.1) is 5.51 Å². The van der Waals surface area contributed by atoms with Gasteiger partial charge in [0.25, 0.3) is 0 Å². The van der Waals surface area contributed by atoms with Crippen LogP contribution in [-0.2, 0) is 0 Å². The topological polar surface area (TPSA) is 62.2 Å². The minimum Gasteiger partial charge on any atom is -0.476 e. The molecular weight excluding hydrogens is 244 g/mol. The zero-order chi connectivity index (χ0) is 11.4. The van der Waals surface area contributed by atoms with Gasteiger partial charge in [0.2, 0.25) is 0 Å². The Hall–Kier alpha value is -0.750. The Morgan fingerprint density at radius 1 is 1.62 bits per heavy atom. The smallest absolute Gasteiger partial charge is 0.357 e. The van der Waals surface area contributed by atoms with Crippen LogP contribution in [0.4, 0.5) is 5.00 Å². The fraction of sp³-hybridized carbons (Fsp3) is 0.600. The number of aromatic nitrogens is 1. The first kappa shape index (κ1) is 11.7. The molecule has 1 fully saturated rings. The molecule has 1 aliphatic rings. The van der Waals surface area contributed by atoms with Gasteiger partial charge in [-0.1, -0.05) is 6.42 Å². The van der Waals surface area contributed by atoms with Gasteiger partial charge >= 0.3 is 5.97 Å². The predicted molar refractivity (Wildman–Crippen MR) is 67.7 cm³/mol. The predicted octanol–water partition coefficient (Wildman–Crippen LogP) is 2.54. The molecule has 2 heterocycles. The van der Waals surface area contributed by atoms with E-state index in [1.807, 2.05) is 11.8 Å². The minimum absolute atomic E-state index is 0.144. The second-order valence-corrected chi connectivity index (χ2v) is 5.97. The fourth-order valence-corrected chi connectivity index (χ4v) is 3.62. The molecule has 0 bridgehead atoms. The van der Waals surface area contributed by atoms with Crippen LogP contribution < -0.4 is 5.32 Å². The molecule has 1 saturated heterocycles. The second kappa shape index (κ2) is 5.54. The maximum Gasteiger partial charge on any atom is 0.357 e. The molecule has 1 atom stereocenters. The van der Waals surface area contributed by atoms with E-state index in [4.69, 9.17) is 5.11 Å². The van der Waals surface area contributed by atoms with E-state index >= 15 is 0 Å². The van der Waals surface area contributed by atoms with Gasteiger partial charge in [0, 0.05) is 11.8 Å². The van der Waals surface area contributed by atoms with Crippen LogP contribution in [0.5, 0.6) is 0 Å². The van der Waals surface area contributed by atoms with Crippen molar-refractivity contribution in [1.82, 2.24) is 4.98 Å². The van der Waals surface area contributed by atoms with Gasteiger partial charge in [-0.25, -0.2) is 9.78 Å². The van der Waals surface area contributed by atoms with Gasteiger partial charge in [-0.2, -0.15) is 11.8 Å². The van der Waals surface area contributed by atoms with Crippen molar-refractivity contribution in [3.8, 4) is 0 Å². The highest BCUT2D eigenvalue weighted by Gasteiger charge is 2.17. The van der Waals surface area contributed by atoms with Crippen LogP contribution in [0.2, 0.25) is 0 Å². The zero-order valence-corrected chi connectivity index (χ0v) is 10.4. The van der Waals surface area contributed by atoms with Gasteiger partial charge < -0.3 is 10.4 Å². The number of thioether (sulfide) groups is 1. The number of hydrogen-bond donors (Lipinski definition) is 2. The Balaban J connectivity index is 1.88. The van der Waals surface area contributed by atoms with Gasteiger partial charge in [0.1, 0.15) is 5.00 Å². The number of thiazole rings is 1. The zero-order valence-electron chi connectivity index (χ0n) is 8.81. The fourth-order valence-electron chi connectivity index (χ4n) is 1.70. The van der Waals surface area contributed by atoms with Crippen molar-refractivity contribution >= 4 is 34.1 Å². The van der Waals surface area contributed by atoms with Crippen LogP contribution in [-0.4, -0.2) is 33.6 Å². The van der Waals surface area contributed by atoms with E-state index in [1.54, 1.807) is 5.51 Å². The molecular formula is C10H14N2O2S2. The first-order valence-corrected chi connectivity index (χ1v) is 7.22. The third-order valence-corrected chi connectivity index (χ3v) is 4.72. The lowest BCUT2D eigenvalue weighted by Gasteiger charge is -2.21. The molecule has 0 spiro atoms. The molecule has 1 unspecified atom stereocenters. The number of carboxylic acids is 1. The van der Waals surface area contributed by atoms with Gasteiger partial charge in [-0.3, -0.25) is 0 Å². The first-order chi connectivity index (χ1) is 7.77. The van der Waals surface area contributed by atoms with E-state index in [1.165, 1.54) is 36.4 Å². The Bertz CT molecular complexity index is 361. The summed E-state index contributed by atoms with van der Waals surface area (Å²) in [4.78, 5) is 14.7. The summed E-state index contributed by atoms with van der Waals surface area (Å²) in [5.41, 5.74) is 1.71. The van der Waals surface area contributed by atoms with E-state index in [9.17, 15) is 4.79 Å². The largest absolute Gasteiger partial charge is 0.476 e. The van der Waals surface area contributed by atoms with Crippen molar-refractivity contribution in [2.45, 2.75) is 24.5 Å². The minimum atomic E-state index is -0.958. The molecule has 0 saturated carbocycles. The maximum absolute atomic E-state index is 10.8. The monoisotopic (exact) mass is 258 g/mol. The maximum atomic E-state index is 10.8. The Morgan fingerprint density at radius 2 is 2.50 bits per heavy atom. The van der Waals surface area contributed by atoms with Gasteiger partial charge in [-0.05, 0) is 18.6 Å². The van der Waals surface area contributed by atoms with Crippen molar-refractivity contribution in [3.63, 3.8) is 0 Å². The molecule has 1 aromatic heterocycles. The Kier molecular flexibility index (Phi) is 4.06. The molecule has 1 aromatic rings. The molecule has 6 heteroatoms. The molecule has 4 nitrogen and oxygen atoms in total. The lowest BCUT2D eigenvalue weighted by molar-refractivity contribution is 0.0692. The number of nitrogens with one attached hydrogen (secondary N) is 1. The van der Waals surface area contributed by atoms with E-state index < -0.39 is 5.97 Å². The van der Waals surface area contributed by atoms with Crippen LogP contribution in [0, 0.1) is 0 Å². The average Bonchev–Trinajstić information content (AvgIpc) is 2.76. The quantitative estimate of drug-likeness (QED) is 0.869. The highest BCUT2D eigenvalue weighted by atomic mass is 32.2. The van der Waals surface area contributed by atoms with E-state index in [2.05, 4.69) is 10.3 Å². The second-order valence-electron chi connectivity index (χ2n) is 3.70. The average molecular weight is 258 g/mol. The van der Waals surface area contributed by atoms with E-state index in [0.717, 1.165) is 6.54 Å². The number of carboxylic acid groups (broad SMARTS) is 1. The van der Waals surface area contributed by atoms with E-state index in [0.29, 0.717) is 10.3 Å². The van der Waals surface area contributed by atoms with Crippen molar-refractivity contribution in [3.05, 3.63) is 11.2 Å². The van der Waals surface area contributed by atoms with Gasteiger partial charge in [-0.15, -0.1) is 11.3 Å². The molecule has 2 N–H and O–H groups in total. The van der Waals surface area contributed by atoms with Crippen LogP contribution in [0.1, 0.15) is 29.8 Å². The molecule has 16 heavy (non-hydrogen) atoms. The van der Waals surface area contributed by atoms with Crippen LogP contribution in [0.25, 0.3) is 0 Å². The van der Waals surface area contributed by atoms with Crippen molar-refractivity contribution in [2.75, 3.05) is 17.6 Å². The molecule has 88 valence electrons. The van der Waals surface area contributed by atoms with Crippen LogP contribution in [0.15, 0.2) is 5.51 Å². The third kappa shape index (κ3) is 2.89. The molecule has 0 radical (unpaired) electrons.